The third kappa shape index (κ3) is 2.64. The van der Waals surface area contributed by atoms with Gasteiger partial charge in [0.05, 0.1) is 0 Å². The van der Waals surface area contributed by atoms with Gasteiger partial charge >= 0.3 is 128 Å². The SMILES string of the molecule is [CH3][Sn]([CH3])([CH3])[c]1cc(/C=C/C=O)c2c(c1)oc1ccccc12. The van der Waals surface area contributed by atoms with Crippen molar-refractivity contribution in [3.8, 4) is 0 Å². The summed E-state index contributed by atoms with van der Waals surface area (Å²) in [5.41, 5.74) is 2.89. The van der Waals surface area contributed by atoms with Gasteiger partial charge in [0.2, 0.25) is 0 Å². The maximum absolute atomic E-state index is 10.7. The predicted octanol–water partition coefficient (Wildman–Crippen LogP) is 4.34. The van der Waals surface area contributed by atoms with E-state index in [1.807, 2.05) is 24.3 Å². The normalized spacial score (nSPS) is 12.5. The van der Waals surface area contributed by atoms with Gasteiger partial charge in [0.1, 0.15) is 0 Å². The van der Waals surface area contributed by atoms with Crippen LogP contribution in [0.15, 0.2) is 46.9 Å². The van der Waals surface area contributed by atoms with E-state index >= 15 is 0 Å². The molecule has 1 aromatic heterocycles. The summed E-state index contributed by atoms with van der Waals surface area (Å²) in [6.07, 6.45) is 4.26. The number of benzene rings is 2. The van der Waals surface area contributed by atoms with Crippen molar-refractivity contribution < 1.29 is 9.21 Å². The molecule has 0 aliphatic rings. The Bertz CT molecular complexity index is 851. The van der Waals surface area contributed by atoms with Gasteiger partial charge in [0.15, 0.2) is 0 Å². The summed E-state index contributed by atoms with van der Waals surface area (Å²) in [4.78, 5) is 17.8. The number of para-hydroxylation sites is 1. The van der Waals surface area contributed by atoms with E-state index in [0.717, 1.165) is 33.8 Å². The van der Waals surface area contributed by atoms with E-state index in [2.05, 4.69) is 33.0 Å². The first kappa shape index (κ1) is 14.4. The minimum absolute atomic E-state index is 0.821. The first-order valence-corrected chi connectivity index (χ1v) is 17.1. The van der Waals surface area contributed by atoms with Crippen LogP contribution in [0.2, 0.25) is 14.8 Å². The minimum atomic E-state index is -2.21. The molecule has 0 amide bonds. The Hall–Kier alpha value is -1.55. The Morgan fingerprint density at radius 1 is 1.05 bits per heavy atom. The molecule has 21 heavy (non-hydrogen) atoms. The first-order chi connectivity index (χ1) is 10.0. The average Bonchev–Trinajstić information content (AvgIpc) is 2.82. The van der Waals surface area contributed by atoms with Crippen LogP contribution in [0.4, 0.5) is 0 Å². The Morgan fingerprint density at radius 3 is 2.52 bits per heavy atom. The Kier molecular flexibility index (Phi) is 3.66. The molecule has 0 unspecified atom stereocenters. The topological polar surface area (TPSA) is 30.2 Å². The summed E-state index contributed by atoms with van der Waals surface area (Å²) in [5.74, 6) is 0. The fourth-order valence-corrected chi connectivity index (χ4v) is 5.88. The maximum atomic E-state index is 10.7. The van der Waals surface area contributed by atoms with Crippen molar-refractivity contribution in [3.05, 3.63) is 48.0 Å². The van der Waals surface area contributed by atoms with E-state index in [-0.39, 0.29) is 0 Å². The van der Waals surface area contributed by atoms with Gasteiger partial charge < -0.3 is 0 Å². The van der Waals surface area contributed by atoms with Crippen LogP contribution in [-0.4, -0.2) is 24.7 Å². The van der Waals surface area contributed by atoms with E-state index < -0.39 is 18.4 Å². The Morgan fingerprint density at radius 2 is 1.81 bits per heavy atom. The number of carbonyl (C=O) groups excluding carboxylic acids is 1. The second-order valence-electron chi connectivity index (χ2n) is 6.28. The van der Waals surface area contributed by atoms with Crippen LogP contribution in [0.1, 0.15) is 5.56 Å². The summed E-state index contributed by atoms with van der Waals surface area (Å²) >= 11 is -2.21. The number of hydrogen-bond acceptors (Lipinski definition) is 2. The van der Waals surface area contributed by atoms with Crippen LogP contribution < -0.4 is 3.58 Å². The van der Waals surface area contributed by atoms with E-state index in [0.29, 0.717) is 0 Å². The summed E-state index contributed by atoms with van der Waals surface area (Å²) in [7, 11) is 0. The molecular formula is C18H18O2Sn. The van der Waals surface area contributed by atoms with E-state index in [1.54, 1.807) is 6.08 Å². The van der Waals surface area contributed by atoms with Crippen molar-refractivity contribution in [3.63, 3.8) is 0 Å². The van der Waals surface area contributed by atoms with Crippen LogP contribution in [0.25, 0.3) is 28.0 Å². The molecule has 0 saturated carbocycles. The van der Waals surface area contributed by atoms with Crippen LogP contribution in [0, 0.1) is 0 Å². The summed E-state index contributed by atoms with van der Waals surface area (Å²) in [5, 5.41) is 2.21. The predicted molar refractivity (Wildman–Crippen MR) is 91.8 cm³/mol. The molecule has 0 atom stereocenters. The fraction of sp³-hybridized carbons (Fsp3) is 0.167. The molecule has 0 N–H and O–H groups in total. The van der Waals surface area contributed by atoms with Gasteiger partial charge in [-0.3, -0.25) is 0 Å². The Balaban J connectivity index is 2.41. The molecule has 0 aliphatic heterocycles. The van der Waals surface area contributed by atoms with Crippen molar-refractivity contribution in [1.29, 1.82) is 0 Å². The van der Waals surface area contributed by atoms with Crippen molar-refractivity contribution in [2.45, 2.75) is 14.8 Å². The van der Waals surface area contributed by atoms with Gasteiger partial charge in [-0.05, 0) is 0 Å². The van der Waals surface area contributed by atoms with Crippen LogP contribution in [-0.2, 0) is 4.79 Å². The summed E-state index contributed by atoms with van der Waals surface area (Å²) in [6.45, 7) is 0. The molecule has 106 valence electrons. The molecule has 2 nitrogen and oxygen atoms in total. The van der Waals surface area contributed by atoms with Crippen molar-refractivity contribution >= 4 is 56.3 Å². The zero-order valence-electron chi connectivity index (χ0n) is 12.5. The van der Waals surface area contributed by atoms with Gasteiger partial charge in [-0.1, -0.05) is 0 Å². The number of furan rings is 1. The molecule has 0 spiro atoms. The zero-order chi connectivity index (χ0) is 15.0. The second kappa shape index (κ2) is 5.33. The average molecular weight is 385 g/mol. The van der Waals surface area contributed by atoms with Gasteiger partial charge in [0.25, 0.3) is 0 Å². The van der Waals surface area contributed by atoms with Crippen molar-refractivity contribution in [1.82, 2.24) is 0 Å². The quantitative estimate of drug-likeness (QED) is 0.382. The number of carbonyl (C=O) groups is 1. The molecule has 0 saturated heterocycles. The van der Waals surface area contributed by atoms with Crippen LogP contribution >= 0.6 is 0 Å². The number of rotatable bonds is 3. The molecule has 3 aromatic rings. The molecular weight excluding hydrogens is 367 g/mol. The molecule has 3 rings (SSSR count). The van der Waals surface area contributed by atoms with Crippen LogP contribution in [0.3, 0.4) is 0 Å². The van der Waals surface area contributed by atoms with Gasteiger partial charge in [-0.2, -0.15) is 0 Å². The Labute approximate surface area is 128 Å². The third-order valence-corrected chi connectivity index (χ3v) is 9.50. The number of allylic oxidation sites excluding steroid dienone is 1. The van der Waals surface area contributed by atoms with Crippen LogP contribution in [0.5, 0.6) is 0 Å². The molecule has 1 heterocycles. The van der Waals surface area contributed by atoms with E-state index in [9.17, 15) is 4.79 Å². The molecule has 0 bridgehead atoms. The first-order valence-electron chi connectivity index (χ1n) is 7.08. The standard InChI is InChI=1S/C15H9O2.3CH3.Sn/c16-10-4-6-11-5-3-9-14-15(11)12-7-1-2-8-13(12)17-14;;;;/h1-2,4-10H;3*1H3;/b6-4+;;;;. The van der Waals surface area contributed by atoms with Crippen molar-refractivity contribution in [2.24, 2.45) is 0 Å². The molecule has 0 aliphatic carbocycles. The van der Waals surface area contributed by atoms with Gasteiger partial charge in [-0.25, -0.2) is 0 Å². The van der Waals surface area contributed by atoms with Gasteiger partial charge in [0, 0.05) is 0 Å². The third-order valence-electron chi connectivity index (χ3n) is 3.73. The fourth-order valence-electron chi connectivity index (χ4n) is 2.59. The summed E-state index contributed by atoms with van der Waals surface area (Å²) in [6, 6.07) is 12.5. The monoisotopic (exact) mass is 386 g/mol. The number of aldehydes is 1. The summed E-state index contributed by atoms with van der Waals surface area (Å²) < 4.78 is 7.42. The molecule has 0 radical (unpaired) electrons. The van der Waals surface area contributed by atoms with E-state index in [4.69, 9.17) is 4.42 Å². The van der Waals surface area contributed by atoms with Gasteiger partial charge in [-0.15, -0.1) is 0 Å². The zero-order valence-corrected chi connectivity index (χ0v) is 15.4. The molecule has 0 fully saturated rings. The molecule has 2 aromatic carbocycles. The van der Waals surface area contributed by atoms with Crippen molar-refractivity contribution in [2.75, 3.05) is 0 Å². The number of fused-ring (bicyclic) bond motifs is 3. The van der Waals surface area contributed by atoms with E-state index in [1.165, 1.54) is 3.58 Å². The number of hydrogen-bond donors (Lipinski definition) is 0. The molecule has 3 heteroatoms. The second-order valence-corrected chi connectivity index (χ2v) is 20.8.